The second-order valence-electron chi connectivity index (χ2n) is 13.1. The molecular formula is C34H31F5N6O2. The number of hydrogen-bond acceptors (Lipinski definition) is 8. The van der Waals surface area contributed by atoms with Crippen molar-refractivity contribution in [2.24, 2.45) is 0 Å². The number of alkyl halides is 4. The molecule has 47 heavy (non-hydrogen) atoms. The molecule has 4 saturated heterocycles. The maximum atomic E-state index is 16.9. The Bertz CT molecular complexity index is 1950. The zero-order valence-corrected chi connectivity index (χ0v) is 25.2. The van der Waals surface area contributed by atoms with Crippen LogP contribution >= 0.6 is 0 Å². The van der Waals surface area contributed by atoms with Gasteiger partial charge in [0.15, 0.2) is 11.5 Å². The molecule has 2 bridgehead atoms. The molecule has 0 spiro atoms. The lowest BCUT2D eigenvalue weighted by Gasteiger charge is -2.35. The molecule has 4 aliphatic heterocycles. The van der Waals surface area contributed by atoms with Gasteiger partial charge in [0, 0.05) is 54.7 Å². The second kappa shape index (κ2) is 10.9. The average Bonchev–Trinajstić information content (AvgIpc) is 3.68. The number of terminal acetylenes is 1. The van der Waals surface area contributed by atoms with Crippen molar-refractivity contribution in [1.29, 1.82) is 0 Å². The van der Waals surface area contributed by atoms with Gasteiger partial charge in [0.25, 0.3) is 0 Å². The summed E-state index contributed by atoms with van der Waals surface area (Å²) in [5, 5.41) is 14.1. The number of nitrogens with zero attached hydrogens (tertiary/aromatic N) is 5. The van der Waals surface area contributed by atoms with E-state index in [9.17, 15) is 9.50 Å². The number of fused-ring (bicyclic) bond motifs is 5. The molecule has 4 aliphatic rings. The smallest absolute Gasteiger partial charge is 0.434 e. The number of aromatic nitrogens is 3. The lowest BCUT2D eigenvalue weighted by atomic mass is 9.95. The number of halogens is 5. The Hall–Kier alpha value is -4.28. The standard InChI is InChI=1S/C34H31F5N6O2/c1-2-18-5-3-6-19-11-23(46)12-24(25(18)19)28-27(36)29-26(30(41-28)34(37,38)39)31(44-15-21-7-8-22(16-44)40-21)43-32(42-29)47-17-33-9-4-10-45(33)14-20(35)13-33/h1,3,5-6,11-12,20-22,40,46H,4,7-10,13-17H2/t20-,21?,22?,33+/m1/s1. The van der Waals surface area contributed by atoms with Crippen molar-refractivity contribution in [3.8, 4) is 35.4 Å². The van der Waals surface area contributed by atoms with Crippen LogP contribution in [0.4, 0.5) is 27.8 Å². The van der Waals surface area contributed by atoms with Gasteiger partial charge in [-0.3, -0.25) is 4.90 Å². The van der Waals surface area contributed by atoms with Gasteiger partial charge in [-0.25, -0.2) is 13.8 Å². The molecular weight excluding hydrogens is 619 g/mol. The second-order valence-corrected chi connectivity index (χ2v) is 13.1. The molecule has 0 saturated carbocycles. The number of piperazine rings is 1. The van der Waals surface area contributed by atoms with Crippen molar-refractivity contribution in [2.45, 2.75) is 62.1 Å². The van der Waals surface area contributed by atoms with E-state index in [2.05, 4.69) is 26.2 Å². The van der Waals surface area contributed by atoms with E-state index in [-0.39, 0.29) is 60.2 Å². The van der Waals surface area contributed by atoms with E-state index in [4.69, 9.17) is 11.2 Å². The maximum Gasteiger partial charge on any atom is 0.434 e. The molecule has 0 radical (unpaired) electrons. The van der Waals surface area contributed by atoms with Gasteiger partial charge in [-0.15, -0.1) is 6.42 Å². The first kappa shape index (κ1) is 30.1. The third kappa shape index (κ3) is 5.00. The highest BCUT2D eigenvalue weighted by molar-refractivity contribution is 6.03. The highest BCUT2D eigenvalue weighted by atomic mass is 19.4. The SMILES string of the molecule is C#Cc1cccc2cc(O)cc(-c3nc(C(F)(F)F)c4c(N5CC6CCC(C5)N6)nc(OC[C@@]56CCCN5C[C@H](F)C6)nc4c3F)c12. The number of aromatic hydroxyl groups is 1. The Morgan fingerprint density at radius 3 is 2.62 bits per heavy atom. The fraction of sp³-hybridized carbons (Fsp3) is 0.441. The molecule has 4 aromatic rings. The minimum Gasteiger partial charge on any atom is -0.508 e. The molecule has 0 amide bonds. The largest absolute Gasteiger partial charge is 0.508 e. The number of anilines is 1. The average molecular weight is 651 g/mol. The number of benzene rings is 2. The molecule has 2 unspecified atom stereocenters. The Morgan fingerprint density at radius 2 is 1.87 bits per heavy atom. The fourth-order valence-corrected chi connectivity index (χ4v) is 8.15. The van der Waals surface area contributed by atoms with Crippen LogP contribution in [0, 0.1) is 18.2 Å². The van der Waals surface area contributed by atoms with Crippen molar-refractivity contribution in [1.82, 2.24) is 25.2 Å². The number of ether oxygens (including phenoxy) is 1. The van der Waals surface area contributed by atoms with Gasteiger partial charge in [-0.1, -0.05) is 18.1 Å². The van der Waals surface area contributed by atoms with Gasteiger partial charge < -0.3 is 20.1 Å². The summed E-state index contributed by atoms with van der Waals surface area (Å²) in [6, 6.07) is 7.13. The lowest BCUT2D eigenvalue weighted by Crippen LogP contribution is -2.51. The summed E-state index contributed by atoms with van der Waals surface area (Å²) < 4.78 is 82.5. The minimum atomic E-state index is -5.03. The number of nitrogens with one attached hydrogen (secondary N) is 1. The summed E-state index contributed by atoms with van der Waals surface area (Å²) in [5.41, 5.74) is -3.04. The lowest BCUT2D eigenvalue weighted by molar-refractivity contribution is -0.139. The van der Waals surface area contributed by atoms with E-state index in [0.29, 0.717) is 37.0 Å². The minimum absolute atomic E-state index is 0.0135. The number of rotatable bonds is 5. The summed E-state index contributed by atoms with van der Waals surface area (Å²) >= 11 is 0. The van der Waals surface area contributed by atoms with Gasteiger partial charge in [0.1, 0.15) is 35.6 Å². The highest BCUT2D eigenvalue weighted by Crippen LogP contribution is 2.45. The van der Waals surface area contributed by atoms with Crippen LogP contribution in [-0.4, -0.2) is 81.5 Å². The van der Waals surface area contributed by atoms with Crippen molar-refractivity contribution >= 4 is 27.5 Å². The number of pyridine rings is 1. The Labute approximate surface area is 266 Å². The predicted molar refractivity (Wildman–Crippen MR) is 166 cm³/mol. The summed E-state index contributed by atoms with van der Waals surface area (Å²) in [7, 11) is 0. The quantitative estimate of drug-likeness (QED) is 0.214. The van der Waals surface area contributed by atoms with Gasteiger partial charge in [0.05, 0.1) is 10.9 Å². The van der Waals surface area contributed by atoms with Crippen LogP contribution in [0.5, 0.6) is 11.8 Å². The molecule has 2 aromatic heterocycles. The monoisotopic (exact) mass is 650 g/mol. The molecule has 0 aliphatic carbocycles. The van der Waals surface area contributed by atoms with Crippen LogP contribution in [-0.2, 0) is 6.18 Å². The van der Waals surface area contributed by atoms with Crippen LogP contribution < -0.4 is 15.0 Å². The maximum absolute atomic E-state index is 16.9. The van der Waals surface area contributed by atoms with Gasteiger partial charge in [0.2, 0.25) is 0 Å². The molecule has 8 nitrogen and oxygen atoms in total. The van der Waals surface area contributed by atoms with E-state index in [0.717, 1.165) is 25.3 Å². The molecule has 6 heterocycles. The van der Waals surface area contributed by atoms with Crippen molar-refractivity contribution in [3.05, 3.63) is 47.4 Å². The molecule has 4 atom stereocenters. The van der Waals surface area contributed by atoms with Gasteiger partial charge in [-0.05, 0) is 55.8 Å². The number of hydrogen-bond donors (Lipinski definition) is 2. The first-order valence-corrected chi connectivity index (χ1v) is 15.8. The van der Waals surface area contributed by atoms with Crippen LogP contribution in [0.2, 0.25) is 0 Å². The zero-order valence-electron chi connectivity index (χ0n) is 25.2. The van der Waals surface area contributed by atoms with Crippen LogP contribution in [0.1, 0.15) is 43.4 Å². The molecule has 2 N–H and O–H groups in total. The third-order valence-corrected chi connectivity index (χ3v) is 10.1. The fourth-order valence-electron chi connectivity index (χ4n) is 8.15. The summed E-state index contributed by atoms with van der Waals surface area (Å²) in [4.78, 5) is 16.4. The van der Waals surface area contributed by atoms with Crippen molar-refractivity contribution < 1.29 is 31.8 Å². The Morgan fingerprint density at radius 1 is 1.09 bits per heavy atom. The number of phenols is 1. The molecule has 244 valence electrons. The van der Waals surface area contributed by atoms with Crippen LogP contribution in [0.25, 0.3) is 32.9 Å². The number of phenolic OH excluding ortho intramolecular Hbond substituents is 1. The van der Waals surface area contributed by atoms with E-state index >= 15 is 17.6 Å². The first-order chi connectivity index (χ1) is 22.5. The molecule has 4 fully saturated rings. The normalized spacial score (nSPS) is 25.9. The topological polar surface area (TPSA) is 86.6 Å². The molecule has 13 heteroatoms. The molecule has 8 rings (SSSR count). The third-order valence-electron chi connectivity index (χ3n) is 10.1. The Balaban J connectivity index is 1.35. The van der Waals surface area contributed by atoms with Gasteiger partial charge in [-0.2, -0.15) is 23.1 Å². The predicted octanol–water partition coefficient (Wildman–Crippen LogP) is 5.59. The first-order valence-electron chi connectivity index (χ1n) is 15.8. The molecule has 2 aromatic carbocycles. The van der Waals surface area contributed by atoms with E-state index in [1.54, 1.807) is 23.1 Å². The van der Waals surface area contributed by atoms with Gasteiger partial charge >= 0.3 is 12.2 Å². The highest BCUT2D eigenvalue weighted by Gasteiger charge is 2.49. The zero-order chi connectivity index (χ0) is 32.7. The van der Waals surface area contributed by atoms with E-state index in [1.807, 2.05) is 4.90 Å². The van der Waals surface area contributed by atoms with E-state index < -0.39 is 46.0 Å². The summed E-state index contributed by atoms with van der Waals surface area (Å²) in [6.07, 6.45) is 3.19. The van der Waals surface area contributed by atoms with Crippen molar-refractivity contribution in [3.63, 3.8) is 0 Å². The van der Waals surface area contributed by atoms with Crippen molar-refractivity contribution in [2.75, 3.05) is 37.7 Å². The van der Waals surface area contributed by atoms with Crippen LogP contribution in [0.15, 0.2) is 30.3 Å². The Kier molecular flexibility index (Phi) is 6.97. The summed E-state index contributed by atoms with van der Waals surface area (Å²) in [6.45, 7) is 1.72. The summed E-state index contributed by atoms with van der Waals surface area (Å²) in [5.74, 6) is 0.943. The van der Waals surface area contributed by atoms with Crippen LogP contribution in [0.3, 0.4) is 0 Å². The van der Waals surface area contributed by atoms with E-state index in [1.165, 1.54) is 6.07 Å².